The second kappa shape index (κ2) is 11.6. The first-order valence-electron chi connectivity index (χ1n) is 14.3. The Morgan fingerprint density at radius 2 is 1.55 bits per heavy atom. The number of carbonyl (C=O) groups is 2. The van der Waals surface area contributed by atoms with E-state index in [0.29, 0.717) is 42.0 Å². The second-order valence-electron chi connectivity index (χ2n) is 11.7. The van der Waals surface area contributed by atoms with Crippen LogP contribution in [0.1, 0.15) is 46.7 Å². The maximum atomic E-state index is 13.6. The maximum absolute atomic E-state index is 13.6. The van der Waals surface area contributed by atoms with Crippen LogP contribution in [0.15, 0.2) is 83.8 Å². The Kier molecular flexibility index (Phi) is 7.93. The minimum atomic E-state index is -0.222. The van der Waals surface area contributed by atoms with E-state index in [1.54, 1.807) is 6.07 Å². The first kappa shape index (κ1) is 27.4. The van der Waals surface area contributed by atoms with Gasteiger partial charge in [0, 0.05) is 43.5 Å². The van der Waals surface area contributed by atoms with Crippen LogP contribution in [0.3, 0.4) is 0 Å². The number of rotatable bonds is 6. The van der Waals surface area contributed by atoms with Gasteiger partial charge in [0.15, 0.2) is 0 Å². The molecule has 7 heteroatoms. The second-order valence-corrected chi connectivity index (χ2v) is 12.6. The fourth-order valence-electron chi connectivity index (χ4n) is 6.93. The number of nitrogens with zero attached hydrogens (tertiary/aromatic N) is 3. The lowest BCUT2D eigenvalue weighted by Gasteiger charge is -2.39. The van der Waals surface area contributed by atoms with Gasteiger partial charge in [-0.2, -0.15) is 0 Å². The number of piperidine rings is 1. The van der Waals surface area contributed by atoms with Crippen molar-refractivity contribution in [3.8, 4) is 0 Å². The molecule has 3 aromatic rings. The van der Waals surface area contributed by atoms with E-state index in [1.165, 1.54) is 5.56 Å². The molecule has 0 N–H and O–H groups in total. The lowest BCUT2D eigenvalue weighted by atomic mass is 9.76. The van der Waals surface area contributed by atoms with E-state index < -0.39 is 0 Å². The molecule has 3 aliphatic rings. The van der Waals surface area contributed by atoms with Crippen molar-refractivity contribution < 1.29 is 9.59 Å². The number of benzene rings is 3. The standard InChI is InChI=1S/C33H36ClN3O2S/c34-30-9-5-4-8-28(30)31(38)37-22-26(29(23-37)25-6-2-1-3-7-25)21-35-17-14-33(15-18-35)16-19-36(32(33)39)20-24-10-12-27(40)13-11-24/h1-13,26,29,40H,14-23H2/t26-,29+/m0/s1. The molecule has 6 rings (SSSR count). The summed E-state index contributed by atoms with van der Waals surface area (Å²) in [6.45, 7) is 5.68. The Morgan fingerprint density at radius 3 is 2.27 bits per heavy atom. The molecule has 3 fully saturated rings. The van der Waals surface area contributed by atoms with Gasteiger partial charge in [0.1, 0.15) is 0 Å². The molecule has 2 atom stereocenters. The highest BCUT2D eigenvalue weighted by Gasteiger charge is 2.48. The third-order valence-electron chi connectivity index (χ3n) is 9.28. The average Bonchev–Trinajstić information content (AvgIpc) is 3.53. The van der Waals surface area contributed by atoms with Gasteiger partial charge in [-0.3, -0.25) is 9.59 Å². The summed E-state index contributed by atoms with van der Waals surface area (Å²) in [5.41, 5.74) is 2.79. The van der Waals surface area contributed by atoms with Gasteiger partial charge in [-0.25, -0.2) is 0 Å². The van der Waals surface area contributed by atoms with E-state index in [-0.39, 0.29) is 17.2 Å². The molecule has 208 valence electrons. The minimum absolute atomic E-state index is 0.00674. The molecule has 2 amide bonds. The topological polar surface area (TPSA) is 43.9 Å². The summed E-state index contributed by atoms with van der Waals surface area (Å²) in [4.78, 5) is 34.5. The fraction of sp³-hybridized carbons (Fsp3) is 0.394. The number of amides is 2. The van der Waals surface area contributed by atoms with Crippen LogP contribution in [0.4, 0.5) is 0 Å². The molecule has 0 radical (unpaired) electrons. The van der Waals surface area contributed by atoms with Gasteiger partial charge in [-0.15, -0.1) is 12.6 Å². The van der Waals surface area contributed by atoms with E-state index in [9.17, 15) is 9.59 Å². The van der Waals surface area contributed by atoms with Crippen molar-refractivity contribution in [3.63, 3.8) is 0 Å². The van der Waals surface area contributed by atoms with E-state index in [2.05, 4.69) is 53.9 Å². The molecule has 3 aromatic carbocycles. The summed E-state index contributed by atoms with van der Waals surface area (Å²) in [6.07, 6.45) is 2.76. The molecule has 40 heavy (non-hydrogen) atoms. The van der Waals surface area contributed by atoms with Gasteiger partial charge < -0.3 is 14.7 Å². The van der Waals surface area contributed by atoms with Crippen LogP contribution < -0.4 is 0 Å². The highest BCUT2D eigenvalue weighted by Crippen LogP contribution is 2.43. The SMILES string of the molecule is O=C(c1ccccc1Cl)N1C[C@H](CN2CCC3(CC2)CCN(Cc2ccc(S)cc2)C3=O)[C@@H](c2ccccc2)C1. The van der Waals surface area contributed by atoms with Crippen molar-refractivity contribution in [1.29, 1.82) is 0 Å². The zero-order valence-corrected chi connectivity index (χ0v) is 24.4. The molecule has 3 saturated heterocycles. The Balaban J connectivity index is 1.11. The zero-order chi connectivity index (χ0) is 27.7. The summed E-state index contributed by atoms with van der Waals surface area (Å²) in [5.74, 6) is 0.929. The van der Waals surface area contributed by atoms with E-state index in [4.69, 9.17) is 11.6 Å². The van der Waals surface area contributed by atoms with Crippen molar-refractivity contribution in [2.24, 2.45) is 11.3 Å². The zero-order valence-electron chi connectivity index (χ0n) is 22.7. The first-order chi connectivity index (χ1) is 19.4. The molecule has 3 aliphatic heterocycles. The van der Waals surface area contributed by atoms with Gasteiger partial charge >= 0.3 is 0 Å². The van der Waals surface area contributed by atoms with E-state index in [0.717, 1.165) is 55.9 Å². The molecular weight excluding hydrogens is 538 g/mol. The van der Waals surface area contributed by atoms with Crippen LogP contribution in [0.2, 0.25) is 5.02 Å². The lowest BCUT2D eigenvalue weighted by Crippen LogP contribution is -2.46. The number of carbonyl (C=O) groups excluding carboxylic acids is 2. The normalized spacial score (nSPS) is 22.8. The van der Waals surface area contributed by atoms with Crippen LogP contribution in [0.5, 0.6) is 0 Å². The third kappa shape index (κ3) is 5.54. The van der Waals surface area contributed by atoms with Crippen LogP contribution in [0.25, 0.3) is 0 Å². The third-order valence-corrected chi connectivity index (χ3v) is 9.90. The quantitative estimate of drug-likeness (QED) is 0.368. The molecule has 5 nitrogen and oxygen atoms in total. The molecule has 0 bridgehead atoms. The van der Waals surface area contributed by atoms with Gasteiger partial charge in [-0.1, -0.05) is 66.2 Å². The van der Waals surface area contributed by atoms with Crippen molar-refractivity contribution in [2.75, 3.05) is 39.3 Å². The predicted octanol–water partition coefficient (Wildman–Crippen LogP) is 6.00. The molecule has 0 aliphatic carbocycles. The largest absolute Gasteiger partial charge is 0.338 e. The van der Waals surface area contributed by atoms with Crippen LogP contribution in [-0.2, 0) is 11.3 Å². The van der Waals surface area contributed by atoms with Crippen LogP contribution in [0, 0.1) is 11.3 Å². The Morgan fingerprint density at radius 1 is 0.875 bits per heavy atom. The molecule has 1 spiro atoms. The summed E-state index contributed by atoms with van der Waals surface area (Å²) in [7, 11) is 0. The average molecular weight is 574 g/mol. The van der Waals surface area contributed by atoms with E-state index in [1.807, 2.05) is 46.2 Å². The summed E-state index contributed by atoms with van der Waals surface area (Å²) in [5, 5.41) is 0.502. The number of thiol groups is 1. The maximum Gasteiger partial charge on any atom is 0.255 e. The van der Waals surface area contributed by atoms with Crippen molar-refractivity contribution in [3.05, 3.63) is 101 Å². The van der Waals surface area contributed by atoms with Gasteiger partial charge in [0.25, 0.3) is 5.91 Å². The summed E-state index contributed by atoms with van der Waals surface area (Å²) < 4.78 is 0. The summed E-state index contributed by atoms with van der Waals surface area (Å²) >= 11 is 10.8. The predicted molar refractivity (Wildman–Crippen MR) is 162 cm³/mol. The van der Waals surface area contributed by atoms with Crippen LogP contribution in [-0.4, -0.2) is 65.8 Å². The van der Waals surface area contributed by atoms with E-state index >= 15 is 0 Å². The highest BCUT2D eigenvalue weighted by molar-refractivity contribution is 7.80. The lowest BCUT2D eigenvalue weighted by molar-refractivity contribution is -0.139. The molecule has 0 aromatic heterocycles. The van der Waals surface area contributed by atoms with Gasteiger partial charge in [-0.05, 0) is 73.7 Å². The molecule has 0 saturated carbocycles. The van der Waals surface area contributed by atoms with Gasteiger partial charge in [0.2, 0.25) is 5.91 Å². The van der Waals surface area contributed by atoms with Crippen LogP contribution >= 0.6 is 24.2 Å². The number of halogens is 1. The van der Waals surface area contributed by atoms with Gasteiger partial charge in [0.05, 0.1) is 16.0 Å². The first-order valence-corrected chi connectivity index (χ1v) is 15.1. The number of hydrogen-bond donors (Lipinski definition) is 1. The Bertz CT molecular complexity index is 1360. The molecule has 3 heterocycles. The van der Waals surface area contributed by atoms with Crippen molar-refractivity contribution >= 4 is 36.0 Å². The summed E-state index contributed by atoms with van der Waals surface area (Å²) in [6, 6.07) is 26.0. The molecular formula is C33H36ClN3O2S. The number of hydrogen-bond acceptors (Lipinski definition) is 4. The van der Waals surface area contributed by atoms with Crippen molar-refractivity contribution in [2.45, 2.75) is 36.6 Å². The monoisotopic (exact) mass is 573 g/mol. The smallest absolute Gasteiger partial charge is 0.255 e. The Hall–Kier alpha value is -2.80. The Labute approximate surface area is 247 Å². The minimum Gasteiger partial charge on any atom is -0.338 e. The van der Waals surface area contributed by atoms with Crippen molar-refractivity contribution in [1.82, 2.24) is 14.7 Å². The fourth-order valence-corrected chi connectivity index (χ4v) is 7.30. The molecule has 0 unspecified atom stereocenters. The highest BCUT2D eigenvalue weighted by atomic mass is 35.5. The number of likely N-dealkylation sites (tertiary alicyclic amines) is 3.